The quantitative estimate of drug-likeness (QED) is 0.663. The lowest BCUT2D eigenvalue weighted by Gasteiger charge is -2.35. The van der Waals surface area contributed by atoms with Crippen molar-refractivity contribution < 1.29 is 35.9 Å². The average molecular weight is 450 g/mol. The van der Waals surface area contributed by atoms with Crippen LogP contribution in [0, 0.1) is 6.92 Å². The summed E-state index contributed by atoms with van der Waals surface area (Å²) in [6.07, 6.45) is -13.8. The molecule has 1 aliphatic heterocycles. The highest BCUT2D eigenvalue weighted by molar-refractivity contribution is 5.68. The van der Waals surface area contributed by atoms with Crippen molar-refractivity contribution in [1.82, 2.24) is 19.6 Å². The molecule has 1 amide bonds. The van der Waals surface area contributed by atoms with Gasteiger partial charge < -0.3 is 9.64 Å². The van der Waals surface area contributed by atoms with Gasteiger partial charge in [0.1, 0.15) is 0 Å². The lowest BCUT2D eigenvalue weighted by Crippen LogP contribution is -2.52. The Morgan fingerprint density at radius 3 is 2.29 bits per heavy atom. The number of hydrogen-bond acceptors (Lipinski definition) is 4. The Morgan fingerprint density at radius 1 is 1.10 bits per heavy atom. The van der Waals surface area contributed by atoms with E-state index in [4.69, 9.17) is 0 Å². The lowest BCUT2D eigenvalue weighted by molar-refractivity contribution is -0.308. The minimum atomic E-state index is -5.73. The lowest BCUT2D eigenvalue weighted by atomic mass is 10.1. The van der Waals surface area contributed by atoms with E-state index < -0.39 is 24.5 Å². The zero-order chi connectivity index (χ0) is 22.8. The molecule has 0 radical (unpaired) electrons. The summed E-state index contributed by atoms with van der Waals surface area (Å²) >= 11 is 0. The minimum Gasteiger partial charge on any atom is -0.426 e. The van der Waals surface area contributed by atoms with E-state index in [1.54, 1.807) is 23.1 Å². The van der Waals surface area contributed by atoms with Crippen molar-refractivity contribution in [3.8, 4) is 5.69 Å². The maximum absolute atomic E-state index is 12.6. The summed E-state index contributed by atoms with van der Waals surface area (Å²) in [5.74, 6) is 0. The molecule has 0 unspecified atom stereocenters. The Morgan fingerprint density at radius 2 is 1.74 bits per heavy atom. The zero-order valence-electron chi connectivity index (χ0n) is 16.5. The van der Waals surface area contributed by atoms with Gasteiger partial charge in [0.05, 0.1) is 5.69 Å². The van der Waals surface area contributed by atoms with Gasteiger partial charge in [0.25, 0.3) is 6.10 Å². The number of rotatable bonds is 4. The second-order valence-electron chi connectivity index (χ2n) is 7.19. The van der Waals surface area contributed by atoms with E-state index in [9.17, 15) is 31.1 Å². The van der Waals surface area contributed by atoms with Crippen molar-refractivity contribution >= 4 is 6.09 Å². The van der Waals surface area contributed by atoms with Gasteiger partial charge in [-0.2, -0.15) is 31.4 Å². The Bertz CT molecular complexity index is 876. The SMILES string of the molecule is Cc1ccc(CN2CCN(C(=O)OC(C(F)(F)F)C(F)(F)F)CC2)c(-n2cccn2)c1. The van der Waals surface area contributed by atoms with Crippen molar-refractivity contribution in [2.75, 3.05) is 26.2 Å². The molecule has 31 heavy (non-hydrogen) atoms. The Balaban J connectivity index is 1.61. The van der Waals surface area contributed by atoms with Gasteiger partial charge in [0.15, 0.2) is 0 Å². The van der Waals surface area contributed by atoms with Gasteiger partial charge in [-0.25, -0.2) is 9.48 Å². The molecule has 12 heteroatoms. The number of aromatic nitrogens is 2. The van der Waals surface area contributed by atoms with E-state index in [-0.39, 0.29) is 26.2 Å². The van der Waals surface area contributed by atoms with Crippen LogP contribution in [0.5, 0.6) is 0 Å². The molecule has 0 N–H and O–H groups in total. The highest BCUT2D eigenvalue weighted by Crippen LogP contribution is 2.36. The summed E-state index contributed by atoms with van der Waals surface area (Å²) in [6, 6.07) is 7.62. The fraction of sp³-hybridized carbons (Fsp3) is 0.474. The maximum Gasteiger partial charge on any atom is 0.434 e. The molecule has 1 aromatic heterocycles. The van der Waals surface area contributed by atoms with Gasteiger partial charge in [-0.05, 0) is 30.2 Å². The van der Waals surface area contributed by atoms with Gasteiger partial charge in [-0.3, -0.25) is 4.90 Å². The Labute approximate surface area is 174 Å². The summed E-state index contributed by atoms with van der Waals surface area (Å²) in [4.78, 5) is 14.7. The molecule has 0 spiro atoms. The third-order valence-corrected chi connectivity index (χ3v) is 4.83. The molecule has 3 rings (SSSR count). The largest absolute Gasteiger partial charge is 0.434 e. The second-order valence-corrected chi connectivity index (χ2v) is 7.19. The van der Waals surface area contributed by atoms with Crippen molar-refractivity contribution in [3.05, 3.63) is 47.8 Å². The van der Waals surface area contributed by atoms with Gasteiger partial charge >= 0.3 is 18.4 Å². The Kier molecular flexibility index (Phi) is 6.48. The monoisotopic (exact) mass is 450 g/mol. The third-order valence-electron chi connectivity index (χ3n) is 4.83. The molecule has 1 aliphatic rings. The molecule has 0 atom stereocenters. The molecule has 0 saturated carbocycles. The van der Waals surface area contributed by atoms with E-state index in [0.29, 0.717) is 6.54 Å². The maximum atomic E-state index is 12.6. The number of alkyl halides is 6. The van der Waals surface area contributed by atoms with Crippen LogP contribution in [0.15, 0.2) is 36.7 Å². The van der Waals surface area contributed by atoms with Crippen molar-refractivity contribution in [2.45, 2.75) is 31.9 Å². The first-order valence-electron chi connectivity index (χ1n) is 9.36. The number of benzene rings is 1. The van der Waals surface area contributed by atoms with Crippen LogP contribution in [0.2, 0.25) is 0 Å². The van der Waals surface area contributed by atoms with Crippen molar-refractivity contribution in [3.63, 3.8) is 0 Å². The molecule has 1 aromatic carbocycles. The van der Waals surface area contributed by atoms with Gasteiger partial charge in [0.2, 0.25) is 0 Å². The number of aryl methyl sites for hydroxylation is 1. The fourth-order valence-corrected chi connectivity index (χ4v) is 3.26. The highest BCUT2D eigenvalue weighted by atomic mass is 19.4. The fourth-order valence-electron chi connectivity index (χ4n) is 3.26. The number of ether oxygens (including phenoxy) is 1. The van der Waals surface area contributed by atoms with Crippen LogP contribution in [-0.4, -0.2) is 70.3 Å². The Hall–Kier alpha value is -2.76. The average Bonchev–Trinajstić information content (AvgIpc) is 3.20. The van der Waals surface area contributed by atoms with E-state index in [2.05, 4.69) is 9.84 Å². The van der Waals surface area contributed by atoms with Crippen LogP contribution in [0.3, 0.4) is 0 Å². The summed E-state index contributed by atoms with van der Waals surface area (Å²) < 4.78 is 81.1. The third kappa shape index (κ3) is 5.69. The summed E-state index contributed by atoms with van der Waals surface area (Å²) in [5, 5.41) is 4.23. The number of carbonyl (C=O) groups is 1. The first-order valence-corrected chi connectivity index (χ1v) is 9.36. The minimum absolute atomic E-state index is 0.0514. The molecule has 170 valence electrons. The highest BCUT2D eigenvalue weighted by Gasteiger charge is 2.60. The van der Waals surface area contributed by atoms with Crippen molar-refractivity contribution in [1.29, 1.82) is 0 Å². The topological polar surface area (TPSA) is 50.6 Å². The van der Waals surface area contributed by atoms with Crippen LogP contribution < -0.4 is 0 Å². The number of piperazine rings is 1. The van der Waals surface area contributed by atoms with Crippen LogP contribution >= 0.6 is 0 Å². The molecule has 0 aliphatic carbocycles. The van der Waals surface area contributed by atoms with E-state index >= 15 is 0 Å². The number of amides is 1. The molecule has 2 heterocycles. The molecule has 1 fully saturated rings. The van der Waals surface area contributed by atoms with Gasteiger partial charge in [-0.15, -0.1) is 0 Å². The molecule has 0 bridgehead atoms. The summed E-state index contributed by atoms with van der Waals surface area (Å²) in [7, 11) is 0. The standard InChI is InChI=1S/C19H20F6N4O2/c1-13-3-4-14(15(11-13)29-6-2-5-26-29)12-27-7-9-28(10-8-27)17(30)31-16(18(20,21)22)19(23,24)25/h2-6,11,16H,7-10,12H2,1H3. The molecular formula is C19H20F6N4O2. The molecule has 1 saturated heterocycles. The second kappa shape index (κ2) is 8.77. The summed E-state index contributed by atoms with van der Waals surface area (Å²) in [6.45, 7) is 2.85. The van der Waals surface area contributed by atoms with E-state index in [1.807, 2.05) is 30.0 Å². The van der Waals surface area contributed by atoms with Gasteiger partial charge in [-0.1, -0.05) is 12.1 Å². The number of nitrogens with zero attached hydrogens (tertiary/aromatic N) is 4. The van der Waals surface area contributed by atoms with Crippen molar-refractivity contribution in [2.24, 2.45) is 0 Å². The molecule has 6 nitrogen and oxygen atoms in total. The normalized spacial score (nSPS) is 16.1. The van der Waals surface area contributed by atoms with Crippen LogP contribution in [-0.2, 0) is 11.3 Å². The van der Waals surface area contributed by atoms with Crippen LogP contribution in [0.4, 0.5) is 31.1 Å². The molecule has 2 aromatic rings. The van der Waals surface area contributed by atoms with Crippen LogP contribution in [0.25, 0.3) is 5.69 Å². The summed E-state index contributed by atoms with van der Waals surface area (Å²) in [5.41, 5.74) is 2.84. The van der Waals surface area contributed by atoms with Gasteiger partial charge in [0, 0.05) is 45.1 Å². The molecular weight excluding hydrogens is 430 g/mol. The van der Waals surface area contributed by atoms with E-state index in [1.165, 1.54) is 0 Å². The smallest absolute Gasteiger partial charge is 0.426 e. The first kappa shape index (κ1) is 22.9. The number of halogens is 6. The predicted octanol–water partition coefficient (Wildman–Crippen LogP) is 3.93. The first-order chi connectivity index (χ1) is 14.4. The number of carbonyl (C=O) groups excluding carboxylic acids is 1. The van der Waals surface area contributed by atoms with Crippen LogP contribution in [0.1, 0.15) is 11.1 Å². The van der Waals surface area contributed by atoms with E-state index in [0.717, 1.165) is 21.7 Å². The zero-order valence-corrected chi connectivity index (χ0v) is 16.5. The predicted molar refractivity (Wildman–Crippen MR) is 97.5 cm³/mol. The number of hydrogen-bond donors (Lipinski definition) is 0.